The fourth-order valence-corrected chi connectivity index (χ4v) is 2.27. The average molecular weight is 297 g/mol. The first-order chi connectivity index (χ1) is 7.66. The van der Waals surface area contributed by atoms with E-state index in [2.05, 4.69) is 26.2 Å². The highest BCUT2D eigenvalue weighted by atomic mass is 79.9. The van der Waals surface area contributed by atoms with Gasteiger partial charge in [0.05, 0.1) is 16.3 Å². The van der Waals surface area contributed by atoms with Crippen molar-refractivity contribution in [1.29, 1.82) is 0 Å². The molecule has 0 aromatic carbocycles. The van der Waals surface area contributed by atoms with E-state index in [1.54, 1.807) is 12.1 Å². The SMILES string of the molecule is Cc1nc(Br)ccc1NC(=O)c1cccs1. The number of anilines is 1. The molecule has 3 nitrogen and oxygen atoms in total. The Morgan fingerprint density at radius 2 is 2.25 bits per heavy atom. The molecule has 1 amide bonds. The van der Waals surface area contributed by atoms with E-state index in [0.717, 1.165) is 16.0 Å². The zero-order valence-electron chi connectivity index (χ0n) is 8.53. The third kappa shape index (κ3) is 2.48. The molecule has 0 unspecified atom stereocenters. The van der Waals surface area contributed by atoms with Crippen molar-refractivity contribution < 1.29 is 4.79 Å². The number of nitrogens with one attached hydrogen (secondary N) is 1. The highest BCUT2D eigenvalue weighted by molar-refractivity contribution is 9.10. The molecule has 5 heteroatoms. The summed E-state index contributed by atoms with van der Waals surface area (Å²) in [6, 6.07) is 7.28. The second-order valence-electron chi connectivity index (χ2n) is 3.20. The summed E-state index contributed by atoms with van der Waals surface area (Å²) < 4.78 is 0.763. The molecule has 2 heterocycles. The van der Waals surface area contributed by atoms with Crippen LogP contribution in [0, 0.1) is 6.92 Å². The molecule has 2 rings (SSSR count). The van der Waals surface area contributed by atoms with Gasteiger partial charge in [-0.2, -0.15) is 0 Å². The Bertz CT molecular complexity index is 511. The third-order valence-corrected chi connectivity index (χ3v) is 3.36. The van der Waals surface area contributed by atoms with E-state index in [1.807, 2.05) is 24.4 Å². The lowest BCUT2D eigenvalue weighted by Crippen LogP contribution is -2.11. The first kappa shape index (κ1) is 11.3. The van der Waals surface area contributed by atoms with E-state index < -0.39 is 0 Å². The number of aromatic nitrogens is 1. The second-order valence-corrected chi connectivity index (χ2v) is 4.96. The Morgan fingerprint density at radius 1 is 1.44 bits per heavy atom. The van der Waals surface area contributed by atoms with Crippen LogP contribution in [0.15, 0.2) is 34.2 Å². The largest absolute Gasteiger partial charge is 0.320 e. The molecule has 0 saturated heterocycles. The number of amides is 1. The Morgan fingerprint density at radius 3 is 2.88 bits per heavy atom. The fraction of sp³-hybridized carbons (Fsp3) is 0.0909. The maximum atomic E-state index is 11.8. The van der Waals surface area contributed by atoms with Gasteiger partial charge in [0.15, 0.2) is 0 Å². The molecule has 0 radical (unpaired) electrons. The number of rotatable bonds is 2. The minimum absolute atomic E-state index is 0.0952. The number of pyridine rings is 1. The molecule has 0 aliphatic carbocycles. The maximum Gasteiger partial charge on any atom is 0.265 e. The Labute approximate surface area is 106 Å². The first-order valence-corrected chi connectivity index (χ1v) is 6.32. The molecule has 16 heavy (non-hydrogen) atoms. The Balaban J connectivity index is 2.18. The number of thiophene rings is 1. The molecule has 0 aliphatic heterocycles. The van der Waals surface area contributed by atoms with Crippen molar-refractivity contribution in [2.45, 2.75) is 6.92 Å². The van der Waals surface area contributed by atoms with Crippen LogP contribution in [0.2, 0.25) is 0 Å². The number of carbonyl (C=O) groups excluding carboxylic acids is 1. The van der Waals surface area contributed by atoms with Gasteiger partial charge in [-0.05, 0) is 46.4 Å². The van der Waals surface area contributed by atoms with Crippen LogP contribution in [0.5, 0.6) is 0 Å². The van der Waals surface area contributed by atoms with Gasteiger partial charge in [0.1, 0.15) is 4.60 Å². The summed E-state index contributed by atoms with van der Waals surface area (Å²) in [5, 5.41) is 4.70. The van der Waals surface area contributed by atoms with Crippen molar-refractivity contribution in [2.24, 2.45) is 0 Å². The predicted molar refractivity (Wildman–Crippen MR) is 68.9 cm³/mol. The van der Waals surface area contributed by atoms with Crippen molar-refractivity contribution in [2.75, 3.05) is 5.32 Å². The maximum absolute atomic E-state index is 11.8. The van der Waals surface area contributed by atoms with Crippen LogP contribution < -0.4 is 5.32 Å². The molecule has 0 spiro atoms. The lowest BCUT2D eigenvalue weighted by Gasteiger charge is -2.06. The normalized spacial score (nSPS) is 10.1. The molecule has 2 aromatic rings. The Kier molecular flexibility index (Phi) is 3.36. The van der Waals surface area contributed by atoms with Gasteiger partial charge < -0.3 is 5.32 Å². The zero-order chi connectivity index (χ0) is 11.5. The molecule has 0 atom stereocenters. The van der Waals surface area contributed by atoms with Gasteiger partial charge in [0.25, 0.3) is 5.91 Å². The van der Waals surface area contributed by atoms with Crippen molar-refractivity contribution in [1.82, 2.24) is 4.98 Å². The number of hydrogen-bond acceptors (Lipinski definition) is 3. The van der Waals surface area contributed by atoms with Crippen molar-refractivity contribution >= 4 is 38.9 Å². The van der Waals surface area contributed by atoms with Gasteiger partial charge in [0.2, 0.25) is 0 Å². The summed E-state index contributed by atoms with van der Waals surface area (Å²) in [6.07, 6.45) is 0. The van der Waals surface area contributed by atoms with Gasteiger partial charge in [0, 0.05) is 0 Å². The van der Waals surface area contributed by atoms with Crippen molar-refractivity contribution in [3.8, 4) is 0 Å². The van der Waals surface area contributed by atoms with Crippen molar-refractivity contribution in [3.05, 3.63) is 44.8 Å². The van der Waals surface area contributed by atoms with E-state index in [4.69, 9.17) is 0 Å². The van der Waals surface area contributed by atoms with Gasteiger partial charge in [-0.15, -0.1) is 11.3 Å². The number of carbonyl (C=O) groups is 1. The lowest BCUT2D eigenvalue weighted by atomic mass is 10.3. The smallest absolute Gasteiger partial charge is 0.265 e. The monoisotopic (exact) mass is 296 g/mol. The summed E-state index contributed by atoms with van der Waals surface area (Å²) in [5.74, 6) is -0.0952. The van der Waals surface area contributed by atoms with Gasteiger partial charge in [-0.3, -0.25) is 4.79 Å². The van der Waals surface area contributed by atoms with E-state index in [1.165, 1.54) is 11.3 Å². The number of nitrogens with zero attached hydrogens (tertiary/aromatic N) is 1. The molecule has 2 aromatic heterocycles. The minimum Gasteiger partial charge on any atom is -0.320 e. The molecule has 0 fully saturated rings. The molecular weight excluding hydrogens is 288 g/mol. The molecule has 82 valence electrons. The van der Waals surface area contributed by atoms with Gasteiger partial charge >= 0.3 is 0 Å². The highest BCUT2D eigenvalue weighted by Gasteiger charge is 2.08. The summed E-state index contributed by atoms with van der Waals surface area (Å²) in [4.78, 5) is 16.7. The summed E-state index contributed by atoms with van der Waals surface area (Å²) in [5.41, 5.74) is 1.53. The van der Waals surface area contributed by atoms with E-state index in [-0.39, 0.29) is 5.91 Å². The van der Waals surface area contributed by atoms with Crippen LogP contribution in [0.25, 0.3) is 0 Å². The average Bonchev–Trinajstić information content (AvgIpc) is 2.75. The molecule has 0 saturated carbocycles. The zero-order valence-corrected chi connectivity index (χ0v) is 10.9. The van der Waals surface area contributed by atoms with Crippen LogP contribution in [0.4, 0.5) is 5.69 Å². The van der Waals surface area contributed by atoms with Gasteiger partial charge in [-0.1, -0.05) is 6.07 Å². The second kappa shape index (κ2) is 4.76. The molecule has 0 aliphatic rings. The number of aryl methyl sites for hydroxylation is 1. The van der Waals surface area contributed by atoms with E-state index >= 15 is 0 Å². The van der Waals surface area contributed by atoms with Crippen LogP contribution in [-0.4, -0.2) is 10.9 Å². The minimum atomic E-state index is -0.0952. The lowest BCUT2D eigenvalue weighted by molar-refractivity contribution is 0.103. The molecular formula is C11H9BrN2OS. The molecule has 0 bridgehead atoms. The fourth-order valence-electron chi connectivity index (χ4n) is 1.25. The first-order valence-electron chi connectivity index (χ1n) is 4.65. The van der Waals surface area contributed by atoms with E-state index in [9.17, 15) is 4.79 Å². The van der Waals surface area contributed by atoms with Crippen LogP contribution in [-0.2, 0) is 0 Å². The van der Waals surface area contributed by atoms with Crippen molar-refractivity contribution in [3.63, 3.8) is 0 Å². The van der Waals surface area contributed by atoms with Crippen LogP contribution in [0.3, 0.4) is 0 Å². The molecule has 1 N–H and O–H groups in total. The highest BCUT2D eigenvalue weighted by Crippen LogP contribution is 2.18. The topological polar surface area (TPSA) is 42.0 Å². The van der Waals surface area contributed by atoms with Gasteiger partial charge in [-0.25, -0.2) is 4.98 Å². The summed E-state index contributed by atoms with van der Waals surface area (Å²) in [7, 11) is 0. The summed E-state index contributed by atoms with van der Waals surface area (Å²) in [6.45, 7) is 1.86. The standard InChI is InChI=1S/C11H9BrN2OS/c1-7-8(4-5-10(12)13-7)14-11(15)9-3-2-6-16-9/h2-6H,1H3,(H,14,15). The Hall–Kier alpha value is -1.20. The van der Waals surface area contributed by atoms with Crippen LogP contribution >= 0.6 is 27.3 Å². The quantitative estimate of drug-likeness (QED) is 0.862. The van der Waals surface area contributed by atoms with E-state index in [0.29, 0.717) is 4.88 Å². The summed E-state index contributed by atoms with van der Waals surface area (Å²) >= 11 is 4.70. The third-order valence-electron chi connectivity index (χ3n) is 2.04. The number of halogens is 1. The number of hydrogen-bond donors (Lipinski definition) is 1. The van der Waals surface area contributed by atoms with Crippen LogP contribution in [0.1, 0.15) is 15.4 Å². The predicted octanol–water partition coefficient (Wildman–Crippen LogP) is 3.47.